The first-order valence-corrected chi connectivity index (χ1v) is 10.4. The van der Waals surface area contributed by atoms with Crippen LogP contribution in [0.3, 0.4) is 0 Å². The molecule has 31 heavy (non-hydrogen) atoms. The van der Waals surface area contributed by atoms with Crippen molar-refractivity contribution in [2.75, 3.05) is 6.54 Å². The van der Waals surface area contributed by atoms with Gasteiger partial charge in [0.2, 0.25) is 5.91 Å². The highest BCUT2D eigenvalue weighted by Crippen LogP contribution is 2.21. The summed E-state index contributed by atoms with van der Waals surface area (Å²) in [5.41, 5.74) is 3.78. The quantitative estimate of drug-likeness (QED) is 0.443. The lowest BCUT2D eigenvalue weighted by Crippen LogP contribution is -2.40. The number of furan rings is 1. The zero-order valence-corrected chi connectivity index (χ0v) is 17.4. The SMILES string of the molecule is CC[C@@H](C(=O)NCCc1c[nH]c2ccccc12)n1nc(C)n2c(cc3occc32)c1=O. The second-order valence-electron chi connectivity index (χ2n) is 7.66. The van der Waals surface area contributed by atoms with Crippen LogP contribution in [0.2, 0.25) is 0 Å². The van der Waals surface area contributed by atoms with Gasteiger partial charge in [-0.25, -0.2) is 4.68 Å². The molecule has 0 aliphatic rings. The van der Waals surface area contributed by atoms with Gasteiger partial charge >= 0.3 is 0 Å². The molecule has 0 spiro atoms. The molecule has 0 saturated carbocycles. The number of hydrogen-bond donors (Lipinski definition) is 2. The Morgan fingerprint density at radius 3 is 2.94 bits per heavy atom. The molecular weight excluding hydrogens is 394 g/mol. The van der Waals surface area contributed by atoms with Crippen molar-refractivity contribution in [3.63, 3.8) is 0 Å². The van der Waals surface area contributed by atoms with E-state index in [9.17, 15) is 9.59 Å². The van der Waals surface area contributed by atoms with Crippen LogP contribution in [0.1, 0.15) is 30.8 Å². The van der Waals surface area contributed by atoms with Crippen molar-refractivity contribution in [2.24, 2.45) is 0 Å². The molecule has 0 aliphatic carbocycles. The van der Waals surface area contributed by atoms with Crippen molar-refractivity contribution < 1.29 is 9.21 Å². The summed E-state index contributed by atoms with van der Waals surface area (Å²) in [5.74, 6) is 0.409. The Bertz CT molecular complexity index is 1470. The smallest absolute Gasteiger partial charge is 0.291 e. The largest absolute Gasteiger partial charge is 0.463 e. The number of fused-ring (bicyclic) bond motifs is 4. The first-order chi connectivity index (χ1) is 15.1. The number of para-hydroxylation sites is 1. The number of carbonyl (C=O) groups excluding carboxylic acids is 1. The van der Waals surface area contributed by atoms with Gasteiger partial charge in [-0.2, -0.15) is 5.10 Å². The van der Waals surface area contributed by atoms with Gasteiger partial charge in [-0.05, 0) is 31.4 Å². The Labute approximate surface area is 177 Å². The number of nitrogens with zero attached hydrogens (tertiary/aromatic N) is 3. The van der Waals surface area contributed by atoms with Crippen LogP contribution in [-0.4, -0.2) is 31.6 Å². The van der Waals surface area contributed by atoms with Gasteiger partial charge in [0.05, 0.1) is 11.8 Å². The standard InChI is InChI=1S/C23H23N5O3/c1-3-18(22(29)24-10-8-15-13-25-17-7-5-4-6-16(15)17)28-23(30)20-12-21-19(9-11-31-21)27(20)14(2)26-28/h4-7,9,11-13,18,25H,3,8,10H2,1-2H3,(H,24,29)/t18-/m0/s1. The fraction of sp³-hybridized carbons (Fsp3) is 0.261. The Hall–Kier alpha value is -3.81. The first-order valence-electron chi connectivity index (χ1n) is 10.4. The molecule has 1 amide bonds. The van der Waals surface area contributed by atoms with Crippen molar-refractivity contribution in [1.29, 1.82) is 0 Å². The van der Waals surface area contributed by atoms with Gasteiger partial charge in [0, 0.05) is 35.8 Å². The van der Waals surface area contributed by atoms with Crippen molar-refractivity contribution in [1.82, 2.24) is 24.5 Å². The zero-order chi connectivity index (χ0) is 21.5. The molecule has 2 N–H and O–H groups in total. The molecule has 4 heterocycles. The van der Waals surface area contributed by atoms with E-state index in [0.717, 1.165) is 22.0 Å². The molecule has 0 aliphatic heterocycles. The predicted molar refractivity (Wildman–Crippen MR) is 118 cm³/mol. The van der Waals surface area contributed by atoms with E-state index in [2.05, 4.69) is 21.5 Å². The van der Waals surface area contributed by atoms with Gasteiger partial charge in [-0.1, -0.05) is 25.1 Å². The van der Waals surface area contributed by atoms with Crippen LogP contribution >= 0.6 is 0 Å². The van der Waals surface area contributed by atoms with Crippen LogP contribution in [0.15, 0.2) is 58.1 Å². The van der Waals surface area contributed by atoms with E-state index in [0.29, 0.717) is 36.3 Å². The lowest BCUT2D eigenvalue weighted by molar-refractivity contribution is -0.124. The highest BCUT2D eigenvalue weighted by atomic mass is 16.3. The molecule has 0 fully saturated rings. The highest BCUT2D eigenvalue weighted by Gasteiger charge is 2.23. The third kappa shape index (κ3) is 3.11. The molecule has 0 unspecified atom stereocenters. The molecule has 158 valence electrons. The van der Waals surface area contributed by atoms with Gasteiger partial charge in [-0.3, -0.25) is 14.0 Å². The number of aromatic amines is 1. The maximum atomic E-state index is 13.1. The average molecular weight is 417 g/mol. The Balaban J connectivity index is 1.38. The van der Waals surface area contributed by atoms with E-state index in [1.807, 2.05) is 38.2 Å². The molecule has 5 rings (SSSR count). The lowest BCUT2D eigenvalue weighted by Gasteiger charge is -2.18. The Morgan fingerprint density at radius 1 is 1.26 bits per heavy atom. The number of nitrogens with one attached hydrogen (secondary N) is 2. The first kappa shape index (κ1) is 19.2. The summed E-state index contributed by atoms with van der Waals surface area (Å²) < 4.78 is 8.49. The summed E-state index contributed by atoms with van der Waals surface area (Å²) in [6, 6.07) is 10.9. The summed E-state index contributed by atoms with van der Waals surface area (Å²) in [4.78, 5) is 29.3. The van der Waals surface area contributed by atoms with Crippen LogP contribution in [0.4, 0.5) is 0 Å². The lowest BCUT2D eigenvalue weighted by atomic mass is 10.1. The predicted octanol–water partition coefficient (Wildman–Crippen LogP) is 3.34. The van der Waals surface area contributed by atoms with Crippen LogP contribution in [0.25, 0.3) is 27.5 Å². The molecule has 4 aromatic heterocycles. The Kier molecular flexibility index (Phi) is 4.62. The van der Waals surface area contributed by atoms with Crippen LogP contribution in [0.5, 0.6) is 0 Å². The third-order valence-corrected chi connectivity index (χ3v) is 5.78. The average Bonchev–Trinajstić information content (AvgIpc) is 3.47. The second-order valence-corrected chi connectivity index (χ2v) is 7.66. The number of rotatable bonds is 6. The number of carbonyl (C=O) groups is 1. The minimum atomic E-state index is -0.680. The molecule has 0 radical (unpaired) electrons. The fourth-order valence-corrected chi connectivity index (χ4v) is 4.25. The van der Waals surface area contributed by atoms with E-state index in [1.165, 1.54) is 4.68 Å². The summed E-state index contributed by atoms with van der Waals surface area (Å²) in [5, 5.41) is 8.58. The third-order valence-electron chi connectivity index (χ3n) is 5.78. The minimum Gasteiger partial charge on any atom is -0.463 e. The number of benzene rings is 1. The van der Waals surface area contributed by atoms with E-state index < -0.39 is 6.04 Å². The van der Waals surface area contributed by atoms with Crippen molar-refractivity contribution in [2.45, 2.75) is 32.7 Å². The fourth-order valence-electron chi connectivity index (χ4n) is 4.25. The Morgan fingerprint density at radius 2 is 2.10 bits per heavy atom. The number of H-pyrrole nitrogens is 1. The molecule has 8 heteroatoms. The van der Waals surface area contributed by atoms with E-state index in [-0.39, 0.29) is 11.5 Å². The molecule has 0 saturated heterocycles. The highest BCUT2D eigenvalue weighted by molar-refractivity contribution is 5.84. The van der Waals surface area contributed by atoms with E-state index in [4.69, 9.17) is 4.42 Å². The zero-order valence-electron chi connectivity index (χ0n) is 17.4. The number of hydrogen-bond acceptors (Lipinski definition) is 4. The van der Waals surface area contributed by atoms with E-state index in [1.54, 1.807) is 22.8 Å². The number of amides is 1. The van der Waals surface area contributed by atoms with Gasteiger partial charge < -0.3 is 14.7 Å². The van der Waals surface area contributed by atoms with Crippen LogP contribution in [-0.2, 0) is 11.2 Å². The van der Waals surface area contributed by atoms with Crippen molar-refractivity contribution in [3.8, 4) is 0 Å². The van der Waals surface area contributed by atoms with Crippen molar-refractivity contribution in [3.05, 3.63) is 70.6 Å². The molecule has 1 aromatic carbocycles. The summed E-state index contributed by atoms with van der Waals surface area (Å²) in [6.07, 6.45) is 4.71. The van der Waals surface area contributed by atoms with E-state index >= 15 is 0 Å². The normalized spacial score (nSPS) is 12.7. The topological polar surface area (TPSA) is 97.3 Å². The number of aryl methyl sites for hydroxylation is 1. The van der Waals surface area contributed by atoms with Gasteiger partial charge in [0.1, 0.15) is 17.4 Å². The van der Waals surface area contributed by atoms with Crippen LogP contribution < -0.4 is 10.9 Å². The van der Waals surface area contributed by atoms with Gasteiger partial charge in [-0.15, -0.1) is 0 Å². The molecule has 1 atom stereocenters. The number of aromatic nitrogens is 4. The summed E-state index contributed by atoms with van der Waals surface area (Å²) in [6.45, 7) is 4.17. The maximum absolute atomic E-state index is 13.1. The molecule has 8 nitrogen and oxygen atoms in total. The van der Waals surface area contributed by atoms with Gasteiger partial charge in [0.25, 0.3) is 5.56 Å². The van der Waals surface area contributed by atoms with Crippen molar-refractivity contribution >= 4 is 33.4 Å². The minimum absolute atomic E-state index is 0.212. The maximum Gasteiger partial charge on any atom is 0.291 e. The van der Waals surface area contributed by atoms with Crippen LogP contribution in [0, 0.1) is 6.92 Å². The second kappa shape index (κ2) is 7.46. The summed E-state index contributed by atoms with van der Waals surface area (Å²) in [7, 11) is 0. The molecule has 5 aromatic rings. The summed E-state index contributed by atoms with van der Waals surface area (Å²) >= 11 is 0. The monoisotopic (exact) mass is 417 g/mol. The molecular formula is C23H23N5O3. The molecule has 0 bridgehead atoms. The van der Waals surface area contributed by atoms with Gasteiger partial charge in [0.15, 0.2) is 5.58 Å².